The van der Waals surface area contributed by atoms with Gasteiger partial charge in [0.2, 0.25) is 0 Å². The summed E-state index contributed by atoms with van der Waals surface area (Å²) in [5.41, 5.74) is 8.41. The van der Waals surface area contributed by atoms with Crippen LogP contribution in [-0.4, -0.2) is 0 Å². The molecule has 0 N–H and O–H groups in total. The van der Waals surface area contributed by atoms with Crippen molar-refractivity contribution in [3.8, 4) is 0 Å². The summed E-state index contributed by atoms with van der Waals surface area (Å²) in [4.78, 5) is 0. The Morgan fingerprint density at radius 1 is 0.455 bits per heavy atom. The molecule has 0 saturated carbocycles. The summed E-state index contributed by atoms with van der Waals surface area (Å²) in [5, 5.41) is 8.61. The van der Waals surface area contributed by atoms with Crippen LogP contribution in [0.5, 0.6) is 0 Å². The highest BCUT2D eigenvalue weighted by Gasteiger charge is 2.16. The first-order valence-electron chi connectivity index (χ1n) is 8.06. The van der Waals surface area contributed by atoms with Crippen molar-refractivity contribution in [3.63, 3.8) is 0 Å². The minimum Gasteiger partial charge on any atom is -0.0511 e. The summed E-state index contributed by atoms with van der Waals surface area (Å²) in [6.45, 7) is 13.5. The highest BCUT2D eigenvalue weighted by atomic mass is 14.2. The summed E-state index contributed by atoms with van der Waals surface area (Å²) in [7, 11) is 0. The van der Waals surface area contributed by atoms with Crippen molar-refractivity contribution in [1.29, 1.82) is 0 Å². The van der Waals surface area contributed by atoms with Gasteiger partial charge in [-0.3, -0.25) is 0 Å². The van der Waals surface area contributed by atoms with E-state index in [1.165, 1.54) is 65.7 Å². The van der Waals surface area contributed by atoms with Crippen LogP contribution in [0.15, 0.2) is 24.3 Å². The number of hydrogen-bond acceptors (Lipinski definition) is 0. The first kappa shape index (κ1) is 13.6. The Kier molecular flexibility index (Phi) is 2.61. The standard InChI is InChI=1S/C22H22/c1-11-7-17-8-13(3)18-9-12(2)16(6)20-14(4)10-19(15(11)5)21(17)22(18)20/h7-10H,1-6H3. The third kappa shape index (κ3) is 1.53. The van der Waals surface area contributed by atoms with Gasteiger partial charge < -0.3 is 0 Å². The molecule has 4 rings (SSSR count). The van der Waals surface area contributed by atoms with Gasteiger partial charge in [0.15, 0.2) is 0 Å². The number of hydrogen-bond donors (Lipinski definition) is 0. The highest BCUT2D eigenvalue weighted by Crippen LogP contribution is 2.42. The molecule has 4 aromatic carbocycles. The average Bonchev–Trinajstić information content (AvgIpc) is 2.46. The fourth-order valence-electron chi connectivity index (χ4n) is 4.12. The van der Waals surface area contributed by atoms with Crippen LogP contribution in [0, 0.1) is 41.5 Å². The predicted octanol–water partition coefficient (Wildman–Crippen LogP) is 6.43. The van der Waals surface area contributed by atoms with Gasteiger partial charge in [-0.15, -0.1) is 0 Å². The Morgan fingerprint density at radius 3 is 1.77 bits per heavy atom. The van der Waals surface area contributed by atoms with E-state index in [9.17, 15) is 0 Å². The Hall–Kier alpha value is -2.08. The van der Waals surface area contributed by atoms with Crippen LogP contribution in [0.4, 0.5) is 0 Å². The van der Waals surface area contributed by atoms with E-state index in [1.54, 1.807) is 0 Å². The lowest BCUT2D eigenvalue weighted by Crippen LogP contribution is -1.96. The maximum absolute atomic E-state index is 2.40. The lowest BCUT2D eigenvalue weighted by atomic mass is 9.84. The van der Waals surface area contributed by atoms with E-state index in [2.05, 4.69) is 65.8 Å². The van der Waals surface area contributed by atoms with Gasteiger partial charge in [0.1, 0.15) is 0 Å². The van der Waals surface area contributed by atoms with Gasteiger partial charge in [-0.2, -0.15) is 0 Å². The Bertz CT molecular complexity index is 1060. The molecule has 4 aromatic rings. The Balaban J connectivity index is 2.49. The summed E-state index contributed by atoms with van der Waals surface area (Å²) in [6.07, 6.45) is 0. The quantitative estimate of drug-likeness (QED) is 0.326. The van der Waals surface area contributed by atoms with Crippen molar-refractivity contribution >= 4 is 32.3 Å². The molecule has 22 heavy (non-hydrogen) atoms. The summed E-state index contributed by atoms with van der Waals surface area (Å²) in [5.74, 6) is 0. The second kappa shape index (κ2) is 4.23. The van der Waals surface area contributed by atoms with Crippen molar-refractivity contribution in [2.24, 2.45) is 0 Å². The van der Waals surface area contributed by atoms with Crippen LogP contribution < -0.4 is 0 Å². The van der Waals surface area contributed by atoms with Gasteiger partial charge in [-0.1, -0.05) is 24.3 Å². The third-order valence-corrected chi connectivity index (χ3v) is 5.57. The minimum atomic E-state index is 1.38. The Labute approximate surface area is 132 Å². The summed E-state index contributed by atoms with van der Waals surface area (Å²) in [6, 6.07) is 9.49. The van der Waals surface area contributed by atoms with Crippen LogP contribution in [0.1, 0.15) is 33.4 Å². The zero-order valence-electron chi connectivity index (χ0n) is 14.3. The fraction of sp³-hybridized carbons (Fsp3) is 0.273. The molecule has 0 aliphatic rings. The fourth-order valence-corrected chi connectivity index (χ4v) is 4.12. The van der Waals surface area contributed by atoms with E-state index >= 15 is 0 Å². The molecule has 0 saturated heterocycles. The van der Waals surface area contributed by atoms with E-state index in [0.717, 1.165) is 0 Å². The van der Waals surface area contributed by atoms with Crippen molar-refractivity contribution in [1.82, 2.24) is 0 Å². The van der Waals surface area contributed by atoms with E-state index in [1.807, 2.05) is 0 Å². The van der Waals surface area contributed by atoms with Crippen LogP contribution in [0.2, 0.25) is 0 Å². The van der Waals surface area contributed by atoms with Crippen LogP contribution in [0.3, 0.4) is 0 Å². The van der Waals surface area contributed by atoms with E-state index < -0.39 is 0 Å². The van der Waals surface area contributed by atoms with Crippen molar-refractivity contribution in [3.05, 3.63) is 57.6 Å². The van der Waals surface area contributed by atoms with Crippen LogP contribution >= 0.6 is 0 Å². The van der Waals surface area contributed by atoms with Gasteiger partial charge in [0, 0.05) is 0 Å². The van der Waals surface area contributed by atoms with Crippen LogP contribution in [-0.2, 0) is 0 Å². The van der Waals surface area contributed by atoms with Gasteiger partial charge in [0.05, 0.1) is 0 Å². The maximum Gasteiger partial charge on any atom is -0.00185 e. The highest BCUT2D eigenvalue weighted by molar-refractivity contribution is 6.26. The van der Waals surface area contributed by atoms with Gasteiger partial charge >= 0.3 is 0 Å². The topological polar surface area (TPSA) is 0 Å². The molecule has 0 fully saturated rings. The van der Waals surface area contributed by atoms with Gasteiger partial charge in [0.25, 0.3) is 0 Å². The molecule has 0 bridgehead atoms. The number of benzene rings is 4. The van der Waals surface area contributed by atoms with Gasteiger partial charge in [-0.05, 0) is 107 Å². The largest absolute Gasteiger partial charge is 0.0511 e. The molecule has 110 valence electrons. The van der Waals surface area contributed by atoms with E-state index in [-0.39, 0.29) is 0 Å². The lowest BCUT2D eigenvalue weighted by Gasteiger charge is -2.20. The molecular formula is C22H22. The normalized spacial score (nSPS) is 12.1. The van der Waals surface area contributed by atoms with Crippen molar-refractivity contribution in [2.45, 2.75) is 41.5 Å². The second-order valence-corrected chi connectivity index (χ2v) is 6.97. The first-order valence-corrected chi connectivity index (χ1v) is 8.06. The molecule has 0 aliphatic heterocycles. The number of rotatable bonds is 0. The number of aryl methyl sites for hydroxylation is 6. The monoisotopic (exact) mass is 286 g/mol. The third-order valence-electron chi connectivity index (χ3n) is 5.57. The molecule has 0 radical (unpaired) electrons. The SMILES string of the molecule is Cc1cc2cc(C)c3cc(C)c(C)c4c(C)cc(c1C)c2c34. The van der Waals surface area contributed by atoms with Crippen LogP contribution in [0.25, 0.3) is 32.3 Å². The zero-order valence-corrected chi connectivity index (χ0v) is 14.3. The minimum absolute atomic E-state index is 1.38. The van der Waals surface area contributed by atoms with Crippen molar-refractivity contribution in [2.75, 3.05) is 0 Å². The maximum atomic E-state index is 2.40. The average molecular weight is 286 g/mol. The lowest BCUT2D eigenvalue weighted by molar-refractivity contribution is 1.36. The molecule has 0 spiro atoms. The smallest absolute Gasteiger partial charge is 0.00185 e. The predicted molar refractivity (Wildman–Crippen MR) is 98.6 cm³/mol. The first-order chi connectivity index (χ1) is 10.4. The molecule has 0 heterocycles. The molecule has 0 unspecified atom stereocenters. The molecule has 0 amide bonds. The van der Waals surface area contributed by atoms with Crippen molar-refractivity contribution < 1.29 is 0 Å². The van der Waals surface area contributed by atoms with E-state index in [0.29, 0.717) is 0 Å². The molecule has 0 heteroatoms. The van der Waals surface area contributed by atoms with E-state index in [4.69, 9.17) is 0 Å². The summed E-state index contributed by atoms with van der Waals surface area (Å²) < 4.78 is 0. The summed E-state index contributed by atoms with van der Waals surface area (Å²) >= 11 is 0. The molecular weight excluding hydrogens is 264 g/mol. The zero-order chi connectivity index (χ0) is 15.8. The second-order valence-electron chi connectivity index (χ2n) is 6.97. The molecule has 0 aliphatic carbocycles. The Morgan fingerprint density at radius 2 is 1.05 bits per heavy atom. The molecule has 0 aromatic heterocycles. The molecule has 0 nitrogen and oxygen atoms in total. The van der Waals surface area contributed by atoms with Gasteiger partial charge in [-0.25, -0.2) is 0 Å². The molecule has 0 atom stereocenters.